The van der Waals surface area contributed by atoms with Crippen LogP contribution < -0.4 is 4.72 Å². The van der Waals surface area contributed by atoms with Gasteiger partial charge in [0.05, 0.1) is 18.2 Å². The maximum Gasteiger partial charge on any atom is 0.242 e. The van der Waals surface area contributed by atoms with Gasteiger partial charge in [-0.2, -0.15) is 0 Å². The predicted octanol–water partition coefficient (Wildman–Crippen LogP) is 3.85. The van der Waals surface area contributed by atoms with E-state index in [0.717, 1.165) is 28.8 Å². The molecule has 0 saturated heterocycles. The lowest BCUT2D eigenvalue weighted by molar-refractivity contribution is 0.581. The van der Waals surface area contributed by atoms with Crippen LogP contribution in [0.25, 0.3) is 11.3 Å². The second-order valence-corrected chi connectivity index (χ2v) is 9.11. The van der Waals surface area contributed by atoms with Gasteiger partial charge in [0, 0.05) is 31.0 Å². The summed E-state index contributed by atoms with van der Waals surface area (Å²) in [6.07, 6.45) is 7.73. The molecule has 4 aromatic rings. The molecule has 0 radical (unpaired) electrons. The number of hydrogen-bond donors (Lipinski definition) is 1. The normalized spacial score (nSPS) is 11.5. The minimum Gasteiger partial charge on any atom is -0.330 e. The molecule has 0 aliphatic rings. The smallest absolute Gasteiger partial charge is 0.242 e. The number of benzene rings is 2. The van der Waals surface area contributed by atoms with Crippen LogP contribution >= 0.6 is 0 Å². The number of hydrogen-bond acceptors (Lipinski definition) is 4. The zero-order valence-electron chi connectivity index (χ0n) is 17.4. The quantitative estimate of drug-likeness (QED) is 0.420. The first-order chi connectivity index (χ1) is 15.5. The zero-order valence-corrected chi connectivity index (χ0v) is 18.2. The summed E-state index contributed by atoms with van der Waals surface area (Å²) in [6, 6.07) is 17.5. The third-order valence-electron chi connectivity index (χ3n) is 5.19. The van der Waals surface area contributed by atoms with Gasteiger partial charge in [0.2, 0.25) is 10.0 Å². The Hall–Kier alpha value is -3.36. The van der Waals surface area contributed by atoms with Crippen LogP contribution in [0.5, 0.6) is 0 Å². The van der Waals surface area contributed by atoms with Crippen molar-refractivity contribution in [1.29, 1.82) is 0 Å². The average Bonchev–Trinajstić information content (AvgIpc) is 3.28. The largest absolute Gasteiger partial charge is 0.330 e. The summed E-state index contributed by atoms with van der Waals surface area (Å²) in [4.78, 5) is 8.33. The predicted molar refractivity (Wildman–Crippen MR) is 121 cm³/mol. The second kappa shape index (κ2) is 9.84. The molecule has 32 heavy (non-hydrogen) atoms. The Balaban J connectivity index is 1.46. The van der Waals surface area contributed by atoms with Crippen molar-refractivity contribution in [2.45, 2.75) is 24.3 Å². The standard InChI is InChI=1S/C24H23FN4O2S/c25-21-9-7-19(8-10-21)12-15-29-18-27-17-24(29)23-6-2-1-4-20(23)11-14-28-32(30,31)22-5-3-13-26-16-22/h1-10,13,16-18,28H,11-12,14-15H2. The molecule has 2 heterocycles. The molecule has 0 amide bonds. The number of aromatic nitrogens is 3. The van der Waals surface area contributed by atoms with Crippen LogP contribution in [0.2, 0.25) is 0 Å². The molecule has 4 rings (SSSR count). The summed E-state index contributed by atoms with van der Waals surface area (Å²) in [5.41, 5.74) is 4.02. The highest BCUT2D eigenvalue weighted by molar-refractivity contribution is 7.89. The van der Waals surface area contributed by atoms with Crippen molar-refractivity contribution >= 4 is 10.0 Å². The average molecular weight is 451 g/mol. The van der Waals surface area contributed by atoms with Crippen molar-refractivity contribution in [3.8, 4) is 11.3 Å². The van der Waals surface area contributed by atoms with E-state index in [4.69, 9.17) is 0 Å². The van der Waals surface area contributed by atoms with Crippen molar-refractivity contribution in [1.82, 2.24) is 19.3 Å². The molecule has 6 nitrogen and oxygen atoms in total. The van der Waals surface area contributed by atoms with Crippen LogP contribution in [0.15, 0.2) is 90.5 Å². The van der Waals surface area contributed by atoms with Gasteiger partial charge in [-0.3, -0.25) is 4.98 Å². The van der Waals surface area contributed by atoms with Crippen LogP contribution in [0.1, 0.15) is 11.1 Å². The highest BCUT2D eigenvalue weighted by Gasteiger charge is 2.15. The van der Waals surface area contributed by atoms with Crippen LogP contribution in [0, 0.1) is 5.82 Å². The zero-order chi connectivity index (χ0) is 22.4. The maximum absolute atomic E-state index is 13.1. The first-order valence-electron chi connectivity index (χ1n) is 10.3. The number of imidazole rings is 1. The van der Waals surface area contributed by atoms with Crippen molar-refractivity contribution in [2.75, 3.05) is 6.54 Å². The van der Waals surface area contributed by atoms with Gasteiger partial charge in [0.1, 0.15) is 10.7 Å². The number of halogens is 1. The molecule has 2 aromatic heterocycles. The van der Waals surface area contributed by atoms with E-state index in [1.807, 2.05) is 30.5 Å². The summed E-state index contributed by atoms with van der Waals surface area (Å²) in [5, 5.41) is 0. The third kappa shape index (κ3) is 5.27. The van der Waals surface area contributed by atoms with Crippen molar-refractivity contribution in [3.63, 3.8) is 0 Å². The highest BCUT2D eigenvalue weighted by Crippen LogP contribution is 2.24. The van der Waals surface area contributed by atoms with Gasteiger partial charge in [-0.15, -0.1) is 0 Å². The minimum absolute atomic E-state index is 0.146. The number of nitrogens with one attached hydrogen (secondary N) is 1. The van der Waals surface area contributed by atoms with Gasteiger partial charge in [0.25, 0.3) is 0 Å². The van der Waals surface area contributed by atoms with E-state index in [1.54, 1.807) is 24.5 Å². The first kappa shape index (κ1) is 21.9. The Morgan fingerprint density at radius 2 is 1.72 bits per heavy atom. The molecule has 2 aromatic carbocycles. The summed E-state index contributed by atoms with van der Waals surface area (Å²) in [7, 11) is -3.60. The van der Waals surface area contributed by atoms with E-state index >= 15 is 0 Å². The van der Waals surface area contributed by atoms with E-state index in [0.29, 0.717) is 13.0 Å². The number of rotatable bonds is 9. The topological polar surface area (TPSA) is 76.9 Å². The molecular weight excluding hydrogens is 427 g/mol. The Morgan fingerprint density at radius 1 is 0.906 bits per heavy atom. The van der Waals surface area contributed by atoms with Crippen molar-refractivity contribution < 1.29 is 12.8 Å². The Bertz CT molecular complexity index is 1270. The lowest BCUT2D eigenvalue weighted by Gasteiger charge is -2.13. The molecule has 0 saturated carbocycles. The van der Waals surface area contributed by atoms with Crippen molar-refractivity contribution in [3.05, 3.63) is 103 Å². The fourth-order valence-electron chi connectivity index (χ4n) is 3.52. The molecule has 0 aliphatic carbocycles. The molecule has 164 valence electrons. The Kier molecular flexibility index (Phi) is 6.72. The van der Waals surface area contributed by atoms with Gasteiger partial charge in [-0.25, -0.2) is 22.5 Å². The monoisotopic (exact) mass is 450 g/mol. The molecule has 0 spiro atoms. The van der Waals surface area contributed by atoms with Gasteiger partial charge in [0.15, 0.2) is 0 Å². The summed E-state index contributed by atoms with van der Waals surface area (Å²) in [6.45, 7) is 0.959. The highest BCUT2D eigenvalue weighted by atomic mass is 32.2. The van der Waals surface area contributed by atoms with E-state index < -0.39 is 10.0 Å². The van der Waals surface area contributed by atoms with Crippen LogP contribution in [0.3, 0.4) is 0 Å². The molecule has 1 N–H and O–H groups in total. The number of aryl methyl sites for hydroxylation is 2. The molecule has 8 heteroatoms. The van der Waals surface area contributed by atoms with E-state index in [9.17, 15) is 12.8 Å². The van der Waals surface area contributed by atoms with E-state index in [2.05, 4.69) is 19.3 Å². The first-order valence-corrected chi connectivity index (χ1v) is 11.7. The molecule has 0 aliphatic heterocycles. The Labute approximate surface area is 186 Å². The SMILES string of the molecule is O=S(=O)(NCCc1ccccc1-c1cncn1CCc1ccc(F)cc1)c1cccnc1. The van der Waals surface area contributed by atoms with Gasteiger partial charge >= 0.3 is 0 Å². The number of nitrogens with zero attached hydrogens (tertiary/aromatic N) is 3. The van der Waals surface area contributed by atoms with Gasteiger partial charge < -0.3 is 4.57 Å². The fourth-order valence-corrected chi connectivity index (χ4v) is 4.52. The Morgan fingerprint density at radius 3 is 2.50 bits per heavy atom. The summed E-state index contributed by atoms with van der Waals surface area (Å²) < 4.78 is 42.7. The van der Waals surface area contributed by atoms with Crippen LogP contribution in [-0.4, -0.2) is 29.5 Å². The minimum atomic E-state index is -3.60. The van der Waals surface area contributed by atoms with Gasteiger partial charge in [-0.05, 0) is 48.2 Å². The third-order valence-corrected chi connectivity index (χ3v) is 6.64. The van der Waals surface area contributed by atoms with E-state index in [1.165, 1.54) is 30.6 Å². The molecule has 0 bridgehead atoms. The lowest BCUT2D eigenvalue weighted by atomic mass is 10.0. The molecule has 0 fully saturated rings. The van der Waals surface area contributed by atoms with Gasteiger partial charge in [-0.1, -0.05) is 36.4 Å². The van der Waals surface area contributed by atoms with Crippen LogP contribution in [0.4, 0.5) is 4.39 Å². The van der Waals surface area contributed by atoms with E-state index in [-0.39, 0.29) is 17.3 Å². The van der Waals surface area contributed by atoms with Crippen molar-refractivity contribution in [2.24, 2.45) is 0 Å². The second-order valence-electron chi connectivity index (χ2n) is 7.34. The molecular formula is C24H23FN4O2S. The number of sulfonamides is 1. The summed E-state index contributed by atoms with van der Waals surface area (Å²) >= 11 is 0. The summed E-state index contributed by atoms with van der Waals surface area (Å²) in [5.74, 6) is -0.245. The van der Waals surface area contributed by atoms with Crippen LogP contribution in [-0.2, 0) is 29.4 Å². The molecule has 0 atom stereocenters. The molecule has 0 unspecified atom stereocenters. The fraction of sp³-hybridized carbons (Fsp3) is 0.167. The maximum atomic E-state index is 13.1. The lowest BCUT2D eigenvalue weighted by Crippen LogP contribution is -2.26. The number of pyridine rings is 1.